The summed E-state index contributed by atoms with van der Waals surface area (Å²) in [4.78, 5) is 0.245. The average Bonchev–Trinajstić information content (AvgIpc) is 2.68. The van der Waals surface area contributed by atoms with Gasteiger partial charge in [-0.3, -0.25) is 4.72 Å². The summed E-state index contributed by atoms with van der Waals surface area (Å²) in [6, 6.07) is 12.6. The van der Waals surface area contributed by atoms with Gasteiger partial charge in [0, 0.05) is 13.1 Å². The van der Waals surface area contributed by atoms with E-state index >= 15 is 0 Å². The molecule has 0 atom stereocenters. The Kier molecular flexibility index (Phi) is 5.88. The molecule has 1 N–H and O–H groups in total. The van der Waals surface area contributed by atoms with E-state index in [9.17, 15) is 16.8 Å². The zero-order chi connectivity index (χ0) is 19.5. The fourth-order valence-electron chi connectivity index (χ4n) is 3.09. The fourth-order valence-corrected chi connectivity index (χ4v) is 5.71. The second kappa shape index (κ2) is 8.00. The van der Waals surface area contributed by atoms with Crippen LogP contribution in [0.5, 0.6) is 0 Å². The Labute approximate surface area is 161 Å². The molecule has 3 rings (SSSR count). The van der Waals surface area contributed by atoms with Crippen molar-refractivity contribution in [2.24, 2.45) is 0 Å². The van der Waals surface area contributed by atoms with E-state index in [-0.39, 0.29) is 15.5 Å². The van der Waals surface area contributed by atoms with Gasteiger partial charge in [-0.05, 0) is 55.2 Å². The Bertz CT molecular complexity index is 994. The van der Waals surface area contributed by atoms with Crippen molar-refractivity contribution in [2.45, 2.75) is 42.4 Å². The van der Waals surface area contributed by atoms with Crippen LogP contribution in [0.3, 0.4) is 0 Å². The van der Waals surface area contributed by atoms with Gasteiger partial charge in [0.2, 0.25) is 10.0 Å². The van der Waals surface area contributed by atoms with Crippen molar-refractivity contribution in [3.63, 3.8) is 0 Å². The number of benzene rings is 2. The second-order valence-electron chi connectivity index (χ2n) is 6.60. The van der Waals surface area contributed by atoms with E-state index in [1.165, 1.54) is 16.4 Å². The standard InChI is InChI=1S/C19H24N2O4S2/c1-2-16-9-11-18(12-10-16)26(22,23)20-17-7-6-8-19(15-17)27(24,25)21-13-4-3-5-14-21/h6-12,15,20H,2-5,13-14H2,1H3. The number of anilines is 1. The van der Waals surface area contributed by atoms with E-state index in [0.717, 1.165) is 31.2 Å². The van der Waals surface area contributed by atoms with Crippen LogP contribution in [0.4, 0.5) is 5.69 Å². The van der Waals surface area contributed by atoms with Crippen LogP contribution >= 0.6 is 0 Å². The van der Waals surface area contributed by atoms with Crippen molar-refractivity contribution < 1.29 is 16.8 Å². The maximum absolute atomic E-state index is 12.8. The van der Waals surface area contributed by atoms with Crippen LogP contribution in [0, 0.1) is 0 Å². The van der Waals surface area contributed by atoms with Gasteiger partial charge in [-0.2, -0.15) is 4.31 Å². The summed E-state index contributed by atoms with van der Waals surface area (Å²) in [5.74, 6) is 0. The van der Waals surface area contributed by atoms with Crippen LogP contribution in [0.25, 0.3) is 0 Å². The van der Waals surface area contributed by atoms with Gasteiger partial charge < -0.3 is 0 Å². The van der Waals surface area contributed by atoms with Crippen molar-refractivity contribution in [3.05, 3.63) is 54.1 Å². The van der Waals surface area contributed by atoms with Crippen LogP contribution < -0.4 is 4.72 Å². The summed E-state index contributed by atoms with van der Waals surface area (Å²) in [6.07, 6.45) is 3.55. The third kappa shape index (κ3) is 4.51. The minimum Gasteiger partial charge on any atom is -0.280 e. The molecule has 2 aromatic rings. The first-order chi connectivity index (χ1) is 12.8. The van der Waals surface area contributed by atoms with Crippen LogP contribution in [0.1, 0.15) is 31.7 Å². The third-order valence-electron chi connectivity index (χ3n) is 4.68. The lowest BCUT2D eigenvalue weighted by atomic mass is 10.2. The molecule has 146 valence electrons. The number of piperidine rings is 1. The Morgan fingerprint density at radius 1 is 0.889 bits per heavy atom. The highest BCUT2D eigenvalue weighted by atomic mass is 32.2. The van der Waals surface area contributed by atoms with Crippen molar-refractivity contribution in [1.82, 2.24) is 4.31 Å². The highest BCUT2D eigenvalue weighted by Gasteiger charge is 2.26. The van der Waals surface area contributed by atoms with E-state index in [2.05, 4.69) is 4.72 Å². The molecule has 1 aliphatic rings. The molecule has 1 aliphatic heterocycles. The van der Waals surface area contributed by atoms with Gasteiger partial charge in [-0.1, -0.05) is 31.5 Å². The Hall–Kier alpha value is -1.90. The number of hydrogen-bond acceptors (Lipinski definition) is 4. The molecule has 1 saturated heterocycles. The van der Waals surface area contributed by atoms with Gasteiger partial charge in [0.15, 0.2) is 0 Å². The topological polar surface area (TPSA) is 83.5 Å². The van der Waals surface area contributed by atoms with Gasteiger partial charge in [-0.25, -0.2) is 16.8 Å². The maximum atomic E-state index is 12.8. The molecule has 2 aromatic carbocycles. The Morgan fingerprint density at radius 2 is 1.56 bits per heavy atom. The van der Waals surface area contributed by atoms with Crippen LogP contribution in [0.2, 0.25) is 0 Å². The molecule has 0 aromatic heterocycles. The van der Waals surface area contributed by atoms with Crippen molar-refractivity contribution >= 4 is 25.7 Å². The van der Waals surface area contributed by atoms with Crippen LogP contribution in [0.15, 0.2) is 58.3 Å². The minimum atomic E-state index is -3.78. The molecule has 0 unspecified atom stereocenters. The molecule has 1 fully saturated rings. The lowest BCUT2D eigenvalue weighted by Gasteiger charge is -2.26. The van der Waals surface area contributed by atoms with Crippen molar-refractivity contribution in [3.8, 4) is 0 Å². The van der Waals surface area contributed by atoms with Crippen LogP contribution in [-0.4, -0.2) is 34.2 Å². The summed E-state index contributed by atoms with van der Waals surface area (Å²) in [6.45, 7) is 3.00. The molecule has 0 radical (unpaired) electrons. The first-order valence-electron chi connectivity index (χ1n) is 9.05. The molecule has 0 saturated carbocycles. The monoisotopic (exact) mass is 408 g/mol. The van der Waals surface area contributed by atoms with Gasteiger partial charge in [0.1, 0.15) is 0 Å². The summed E-state index contributed by atoms with van der Waals surface area (Å²) >= 11 is 0. The molecular formula is C19H24N2O4S2. The zero-order valence-corrected chi connectivity index (χ0v) is 16.9. The molecule has 8 heteroatoms. The van der Waals surface area contributed by atoms with E-state index in [1.807, 2.05) is 6.92 Å². The number of rotatable bonds is 6. The fraction of sp³-hybridized carbons (Fsp3) is 0.368. The first kappa shape index (κ1) is 19.9. The normalized spacial score (nSPS) is 16.2. The average molecular weight is 409 g/mol. The summed E-state index contributed by atoms with van der Waals surface area (Å²) in [5.41, 5.74) is 1.27. The molecule has 6 nitrogen and oxygen atoms in total. The predicted molar refractivity (Wildman–Crippen MR) is 106 cm³/mol. The van der Waals surface area contributed by atoms with Gasteiger partial charge in [-0.15, -0.1) is 0 Å². The molecule has 0 aliphatic carbocycles. The van der Waals surface area contributed by atoms with E-state index in [0.29, 0.717) is 13.1 Å². The maximum Gasteiger partial charge on any atom is 0.261 e. The SMILES string of the molecule is CCc1ccc(S(=O)(=O)Nc2cccc(S(=O)(=O)N3CCCCC3)c2)cc1. The van der Waals surface area contributed by atoms with Crippen LogP contribution in [-0.2, 0) is 26.5 Å². The molecule has 27 heavy (non-hydrogen) atoms. The summed E-state index contributed by atoms with van der Waals surface area (Å²) in [7, 11) is -7.40. The Balaban J connectivity index is 1.84. The smallest absolute Gasteiger partial charge is 0.261 e. The van der Waals surface area contributed by atoms with E-state index < -0.39 is 20.0 Å². The minimum absolute atomic E-state index is 0.103. The molecule has 1 heterocycles. The lowest BCUT2D eigenvalue weighted by molar-refractivity contribution is 0.346. The largest absolute Gasteiger partial charge is 0.280 e. The Morgan fingerprint density at radius 3 is 2.19 bits per heavy atom. The van der Waals surface area contributed by atoms with E-state index in [4.69, 9.17) is 0 Å². The molecule has 0 spiro atoms. The summed E-state index contributed by atoms with van der Waals surface area (Å²) in [5, 5.41) is 0. The third-order valence-corrected chi connectivity index (χ3v) is 7.97. The van der Waals surface area contributed by atoms with Gasteiger partial charge in [0.25, 0.3) is 10.0 Å². The lowest BCUT2D eigenvalue weighted by Crippen LogP contribution is -2.35. The predicted octanol–water partition coefficient (Wildman–Crippen LogP) is 3.22. The number of nitrogens with zero attached hydrogens (tertiary/aromatic N) is 1. The van der Waals surface area contributed by atoms with Crippen molar-refractivity contribution in [1.29, 1.82) is 0 Å². The quantitative estimate of drug-likeness (QED) is 0.795. The van der Waals surface area contributed by atoms with Crippen molar-refractivity contribution in [2.75, 3.05) is 17.8 Å². The first-order valence-corrected chi connectivity index (χ1v) is 12.0. The molecular weight excluding hydrogens is 384 g/mol. The highest BCUT2D eigenvalue weighted by molar-refractivity contribution is 7.92. The number of aryl methyl sites for hydroxylation is 1. The zero-order valence-electron chi connectivity index (χ0n) is 15.3. The molecule has 0 amide bonds. The highest BCUT2D eigenvalue weighted by Crippen LogP contribution is 2.24. The summed E-state index contributed by atoms with van der Waals surface area (Å²) < 4.78 is 54.7. The number of nitrogens with one attached hydrogen (secondary N) is 1. The number of hydrogen-bond donors (Lipinski definition) is 1. The number of sulfonamides is 2. The second-order valence-corrected chi connectivity index (χ2v) is 10.2. The van der Waals surface area contributed by atoms with E-state index in [1.54, 1.807) is 36.4 Å². The molecule has 0 bridgehead atoms. The van der Waals surface area contributed by atoms with Gasteiger partial charge in [0.05, 0.1) is 15.5 Å². The van der Waals surface area contributed by atoms with Gasteiger partial charge >= 0.3 is 0 Å².